The number of hydrogen-bond donors (Lipinski definition) is 1. The maximum atomic E-state index is 14.4. The smallest absolute Gasteiger partial charge is 0.339 e. The minimum atomic E-state index is -1.02. The van der Waals surface area contributed by atoms with E-state index in [1.54, 1.807) is 18.6 Å². The quantitative estimate of drug-likeness (QED) is 0.482. The lowest BCUT2D eigenvalue weighted by Gasteiger charge is -2.69. The first-order chi connectivity index (χ1) is 16.8. The second-order valence-corrected chi connectivity index (χ2v) is 13.0. The molecule has 1 spiro atoms. The van der Waals surface area contributed by atoms with Gasteiger partial charge in [-0.2, -0.15) is 0 Å². The number of ether oxygens (including phenoxy) is 3. The molecule has 0 radical (unpaired) electrons. The molecule has 5 fully saturated rings. The summed E-state index contributed by atoms with van der Waals surface area (Å²) in [6, 6.07) is 1.80. The van der Waals surface area contributed by atoms with Gasteiger partial charge in [0.1, 0.15) is 23.6 Å². The molecule has 3 heterocycles. The number of hydrogen-bond acceptors (Lipinski definition) is 8. The van der Waals surface area contributed by atoms with Gasteiger partial charge in [-0.25, -0.2) is 4.79 Å². The second-order valence-electron chi connectivity index (χ2n) is 13.0. The zero-order valence-corrected chi connectivity index (χ0v) is 21.8. The second kappa shape index (κ2) is 7.01. The summed E-state index contributed by atoms with van der Waals surface area (Å²) in [4.78, 5) is 39.7. The highest BCUT2D eigenvalue weighted by Crippen LogP contribution is 2.79. The molecule has 5 aliphatic rings. The van der Waals surface area contributed by atoms with E-state index < -0.39 is 63.6 Å². The predicted molar refractivity (Wildman–Crippen MR) is 125 cm³/mol. The third-order valence-corrected chi connectivity index (χ3v) is 11.4. The SMILES string of the molecule is CC(=O)O[C@H]1C[C@@H](O)C(C)(C)C2CC(=O)[C@]3(C)C(CC[C@@]4(C)[C@H](c5ccoc5)OC(=O)C5OC543)[C@]21C. The van der Waals surface area contributed by atoms with Crippen molar-refractivity contribution < 1.29 is 38.1 Å². The van der Waals surface area contributed by atoms with Gasteiger partial charge in [0, 0.05) is 36.2 Å². The van der Waals surface area contributed by atoms with E-state index in [0.29, 0.717) is 19.3 Å². The van der Waals surface area contributed by atoms with Crippen molar-refractivity contribution in [3.8, 4) is 0 Å². The molecule has 36 heavy (non-hydrogen) atoms. The number of furan rings is 1. The zero-order valence-electron chi connectivity index (χ0n) is 21.8. The molecule has 0 bridgehead atoms. The van der Waals surface area contributed by atoms with E-state index in [1.165, 1.54) is 6.92 Å². The molecule has 8 nitrogen and oxygen atoms in total. The lowest BCUT2D eigenvalue weighted by atomic mass is 9.34. The Morgan fingerprint density at radius 3 is 2.47 bits per heavy atom. The number of epoxide rings is 1. The topological polar surface area (TPSA) is 116 Å². The lowest BCUT2D eigenvalue weighted by molar-refractivity contribution is -0.257. The molecule has 3 aliphatic carbocycles. The van der Waals surface area contributed by atoms with E-state index in [-0.39, 0.29) is 24.0 Å². The normalized spacial score (nSPS) is 50.6. The number of fused-ring (bicyclic) bond motifs is 3. The highest BCUT2D eigenvalue weighted by atomic mass is 16.7. The first-order valence-corrected chi connectivity index (χ1v) is 13.0. The van der Waals surface area contributed by atoms with Crippen LogP contribution in [0.1, 0.15) is 78.9 Å². The van der Waals surface area contributed by atoms with Gasteiger partial charge in [-0.15, -0.1) is 0 Å². The molecule has 1 aromatic rings. The number of esters is 2. The number of carbonyl (C=O) groups excluding carboxylic acids is 3. The highest BCUT2D eigenvalue weighted by molar-refractivity contribution is 5.93. The number of carbonyl (C=O) groups is 3. The fraction of sp³-hybridized carbons (Fsp3) is 0.750. The summed E-state index contributed by atoms with van der Waals surface area (Å²) >= 11 is 0. The maximum absolute atomic E-state index is 14.4. The van der Waals surface area contributed by atoms with Gasteiger partial charge in [-0.05, 0) is 43.1 Å². The Bertz CT molecular complexity index is 1140. The van der Waals surface area contributed by atoms with E-state index in [9.17, 15) is 19.5 Å². The van der Waals surface area contributed by atoms with Crippen molar-refractivity contribution in [1.82, 2.24) is 0 Å². The van der Waals surface area contributed by atoms with E-state index in [1.807, 2.05) is 20.8 Å². The number of aliphatic hydroxyl groups is 1. The summed E-state index contributed by atoms with van der Waals surface area (Å²) in [6.07, 6.45) is 2.39. The van der Waals surface area contributed by atoms with Crippen LogP contribution in [-0.4, -0.2) is 46.7 Å². The molecule has 1 N–H and O–H groups in total. The minimum Gasteiger partial charge on any atom is -0.472 e. The Hall–Kier alpha value is -2.19. The monoisotopic (exact) mass is 500 g/mol. The van der Waals surface area contributed by atoms with Gasteiger partial charge in [0.25, 0.3) is 0 Å². The summed E-state index contributed by atoms with van der Waals surface area (Å²) in [6.45, 7) is 11.6. The Morgan fingerprint density at radius 1 is 1.11 bits per heavy atom. The number of ketones is 1. The molecule has 10 atom stereocenters. The molecule has 0 aromatic carbocycles. The van der Waals surface area contributed by atoms with Crippen molar-refractivity contribution in [2.45, 2.75) is 97.2 Å². The van der Waals surface area contributed by atoms with Gasteiger partial charge in [0.2, 0.25) is 0 Å². The van der Waals surface area contributed by atoms with Gasteiger partial charge in [-0.1, -0.05) is 27.7 Å². The number of Topliss-reactive ketones (excluding diaryl/α,β-unsaturated/α-hetero) is 1. The Labute approximate surface area is 211 Å². The molecular weight excluding hydrogens is 464 g/mol. The van der Waals surface area contributed by atoms with E-state index in [0.717, 1.165) is 5.56 Å². The van der Waals surface area contributed by atoms with Crippen molar-refractivity contribution in [2.75, 3.05) is 0 Å². The number of rotatable bonds is 2. The first-order valence-electron chi connectivity index (χ1n) is 13.0. The maximum Gasteiger partial charge on any atom is 0.339 e. The van der Waals surface area contributed by atoms with Crippen molar-refractivity contribution in [3.05, 3.63) is 24.2 Å². The van der Waals surface area contributed by atoms with Gasteiger partial charge < -0.3 is 23.7 Å². The van der Waals surface area contributed by atoms with Gasteiger partial charge in [-0.3, -0.25) is 9.59 Å². The van der Waals surface area contributed by atoms with Crippen molar-refractivity contribution in [2.24, 2.45) is 33.5 Å². The third kappa shape index (κ3) is 2.50. The fourth-order valence-corrected chi connectivity index (χ4v) is 9.54. The molecule has 8 heteroatoms. The van der Waals surface area contributed by atoms with Gasteiger partial charge >= 0.3 is 11.9 Å². The molecular formula is C28H36O8. The van der Waals surface area contributed by atoms with Crippen LogP contribution in [0, 0.1) is 33.5 Å². The molecule has 3 saturated carbocycles. The van der Waals surface area contributed by atoms with E-state index >= 15 is 0 Å². The molecule has 1 aromatic heterocycles. The predicted octanol–water partition coefficient (Wildman–Crippen LogP) is 3.76. The van der Waals surface area contributed by atoms with Crippen LogP contribution in [0.15, 0.2) is 23.0 Å². The summed E-state index contributed by atoms with van der Waals surface area (Å²) in [5, 5.41) is 11.1. The van der Waals surface area contributed by atoms with Gasteiger partial charge in [0.15, 0.2) is 6.10 Å². The Morgan fingerprint density at radius 2 is 1.83 bits per heavy atom. The lowest BCUT2D eigenvalue weighted by Crippen LogP contribution is -2.74. The standard InChI is InChI=1S/C28H36O8/c1-14(29)34-20-12-18(30)24(2,3)17-11-19(31)27(6)16(26(17,20)5)7-9-25(4)21(15-8-10-33-13-15)35-23(32)22-28(25,27)36-22/h8,10,13,16-18,20-22,30H,7,9,11-12H2,1-6H3/t16?,17?,18-,20+,21+,22?,25+,26-,27+,28?/m1/s1. The van der Waals surface area contributed by atoms with E-state index in [2.05, 4.69) is 13.8 Å². The molecule has 2 saturated heterocycles. The third-order valence-electron chi connectivity index (χ3n) is 11.4. The molecule has 0 amide bonds. The van der Waals surface area contributed by atoms with E-state index in [4.69, 9.17) is 18.6 Å². The van der Waals surface area contributed by atoms with Crippen LogP contribution < -0.4 is 0 Å². The molecule has 6 rings (SSSR count). The Kier molecular flexibility index (Phi) is 4.71. The number of cyclic esters (lactones) is 1. The fourth-order valence-electron chi connectivity index (χ4n) is 9.54. The van der Waals surface area contributed by atoms with Crippen LogP contribution in [0.5, 0.6) is 0 Å². The summed E-state index contributed by atoms with van der Waals surface area (Å²) in [7, 11) is 0. The van der Waals surface area contributed by atoms with Crippen LogP contribution in [0.2, 0.25) is 0 Å². The van der Waals surface area contributed by atoms with Crippen molar-refractivity contribution in [1.29, 1.82) is 0 Å². The molecule has 4 unspecified atom stereocenters. The van der Waals surface area contributed by atoms with Gasteiger partial charge in [0.05, 0.1) is 24.0 Å². The minimum absolute atomic E-state index is 0.0489. The summed E-state index contributed by atoms with van der Waals surface area (Å²) < 4.78 is 23.6. The van der Waals surface area contributed by atoms with Crippen LogP contribution in [0.25, 0.3) is 0 Å². The first kappa shape index (κ1) is 24.2. The van der Waals surface area contributed by atoms with Crippen LogP contribution in [-0.2, 0) is 28.6 Å². The van der Waals surface area contributed by atoms with Crippen LogP contribution in [0.4, 0.5) is 0 Å². The molecule has 196 valence electrons. The zero-order chi connectivity index (χ0) is 26.1. The molecule has 2 aliphatic heterocycles. The number of aliphatic hydroxyl groups excluding tert-OH is 1. The highest BCUT2D eigenvalue weighted by Gasteiger charge is 2.88. The van der Waals surface area contributed by atoms with Crippen molar-refractivity contribution >= 4 is 17.7 Å². The summed E-state index contributed by atoms with van der Waals surface area (Å²) in [5.41, 5.74) is -3.03. The average Bonchev–Trinajstić information content (AvgIpc) is 3.37. The van der Waals surface area contributed by atoms with Crippen LogP contribution >= 0.6 is 0 Å². The largest absolute Gasteiger partial charge is 0.472 e. The van der Waals surface area contributed by atoms with Crippen molar-refractivity contribution in [3.63, 3.8) is 0 Å². The van der Waals surface area contributed by atoms with Crippen LogP contribution in [0.3, 0.4) is 0 Å². The Balaban J connectivity index is 1.52. The summed E-state index contributed by atoms with van der Waals surface area (Å²) in [5.74, 6) is -1.20. The average molecular weight is 501 g/mol.